The molecule has 4 heterocycles. The van der Waals surface area contributed by atoms with E-state index < -0.39 is 62.6 Å². The molecule has 0 aliphatic carbocycles. The molecule has 0 unspecified atom stereocenters. The van der Waals surface area contributed by atoms with Crippen LogP contribution in [-0.4, -0.2) is 130 Å². The molecule has 0 amide bonds. The number of hydrogen-bond donors (Lipinski definition) is 12. The molecule has 0 bridgehead atoms. The molecule has 4 aromatic rings. The molecule has 82 heavy (non-hydrogen) atoms. The molecule has 0 radical (unpaired) electrons. The van der Waals surface area contributed by atoms with Crippen molar-refractivity contribution in [2.75, 3.05) is 6.61 Å². The molecule has 0 saturated carbocycles. The summed E-state index contributed by atoms with van der Waals surface area (Å²) in [5.74, 6) is 2.32. The molecule has 16 nitrogen and oxygen atoms in total. The van der Waals surface area contributed by atoms with Crippen LogP contribution in [0.15, 0.2) is 91.2 Å². The molecule has 4 aromatic carbocycles. The van der Waals surface area contributed by atoms with E-state index in [1.165, 1.54) is 42.5 Å². The quantitative estimate of drug-likeness (QED) is 0.0578. The first kappa shape index (κ1) is 80.4. The summed E-state index contributed by atoms with van der Waals surface area (Å²) in [6.45, 7) is 14.3. The van der Waals surface area contributed by atoms with Gasteiger partial charge in [-0.1, -0.05) is 113 Å². The van der Waals surface area contributed by atoms with Gasteiger partial charge < -0.3 is 80.1 Å². The van der Waals surface area contributed by atoms with Gasteiger partial charge in [0.1, 0.15) is 83.7 Å². The van der Waals surface area contributed by atoms with Crippen LogP contribution in [0.4, 0.5) is 0 Å². The Morgan fingerprint density at radius 1 is 0.573 bits per heavy atom. The number of aromatic hydroxyl groups is 4. The minimum absolute atomic E-state index is 0. The van der Waals surface area contributed by atoms with Crippen molar-refractivity contribution in [3.63, 3.8) is 0 Å². The van der Waals surface area contributed by atoms with Crippen LogP contribution in [0.3, 0.4) is 0 Å². The van der Waals surface area contributed by atoms with Crippen LogP contribution in [-0.2, 0) is 18.9 Å². The molecule has 4 aliphatic heterocycles. The zero-order chi connectivity index (χ0) is 61.4. The van der Waals surface area contributed by atoms with Crippen LogP contribution in [0.5, 0.6) is 23.0 Å². The molecule has 2 saturated heterocycles. The molecule has 15 atom stereocenters. The molecule has 12 N–H and O–H groups in total. The van der Waals surface area contributed by atoms with Crippen LogP contribution >= 0.6 is 145 Å². The fraction of sp³-hybridized carbons (Fsp3) is 0.491. The Bertz CT molecular complexity index is 2460. The first-order chi connectivity index (χ1) is 38.3. The first-order valence-electron chi connectivity index (χ1n) is 25.6. The molecule has 8 rings (SSSR count). The van der Waals surface area contributed by atoms with Gasteiger partial charge >= 0.3 is 57.6 Å². The first-order valence-corrected chi connectivity index (χ1v) is 46.0. The van der Waals surface area contributed by atoms with Gasteiger partial charge in [-0.15, -0.1) is 24.0 Å². The summed E-state index contributed by atoms with van der Waals surface area (Å²) in [4.78, 5) is 0. The Hall–Kier alpha value is 0.365. The average Bonchev–Trinajstić information content (AvgIpc) is 3.50. The third-order valence-electron chi connectivity index (χ3n) is 13.9. The third-order valence-corrected chi connectivity index (χ3v) is 15.2. The van der Waals surface area contributed by atoms with Crippen molar-refractivity contribution in [1.82, 2.24) is 0 Å². The summed E-state index contributed by atoms with van der Waals surface area (Å²) in [6, 6.07) is 18.2. The van der Waals surface area contributed by atoms with Crippen molar-refractivity contribution in [2.24, 2.45) is 23.7 Å². The summed E-state index contributed by atoms with van der Waals surface area (Å²) in [6.07, 6.45) is 1.82. The molecule has 0 aromatic heterocycles. The van der Waals surface area contributed by atoms with Crippen molar-refractivity contribution in [3.05, 3.63) is 128 Å². The van der Waals surface area contributed by atoms with Gasteiger partial charge in [0.05, 0.1) is 45.2 Å². The zero-order valence-electron chi connectivity index (χ0n) is 45.7. The van der Waals surface area contributed by atoms with Gasteiger partial charge in [-0.2, -0.15) is 0 Å². The monoisotopic (exact) mass is 1900 g/mol. The van der Waals surface area contributed by atoms with E-state index in [1.807, 2.05) is 26.2 Å². The van der Waals surface area contributed by atoms with E-state index in [2.05, 4.69) is 121 Å². The van der Waals surface area contributed by atoms with E-state index in [-0.39, 0.29) is 85.6 Å². The summed E-state index contributed by atoms with van der Waals surface area (Å²) < 4.78 is 22.6. The number of aliphatic hydroxyl groups is 6. The maximum absolute atomic E-state index is 10.1. The van der Waals surface area contributed by atoms with Crippen LogP contribution in [0.25, 0.3) is 5.76 Å². The van der Waals surface area contributed by atoms with Crippen molar-refractivity contribution in [3.8, 4) is 23.0 Å². The Balaban J connectivity index is 0.000000510. The Kier molecular flexibility index (Phi) is 40.8. The van der Waals surface area contributed by atoms with Crippen LogP contribution in [0.1, 0.15) is 103 Å². The van der Waals surface area contributed by atoms with Crippen molar-refractivity contribution in [2.45, 2.75) is 141 Å². The second-order valence-electron chi connectivity index (χ2n) is 19.3. The smallest absolute Gasteiger partial charge is 0.488 e. The minimum Gasteiger partial charge on any atom is -0.506 e. The number of aliphatic hydroxyl groups excluding tert-OH is 6. The molecule has 27 heteroatoms. The van der Waals surface area contributed by atoms with E-state index >= 15 is 0 Å². The van der Waals surface area contributed by atoms with Gasteiger partial charge in [0.25, 0.3) is 0 Å². The summed E-state index contributed by atoms with van der Waals surface area (Å²) in [7, 11) is -1.57. The molecule has 0 spiro atoms. The average molecular weight is 1910 g/mol. The SMILES string of the molecule is CC[C@H]1OC(c2ccc(Cl)c(O)c2)=CC[C@@H]1C.CC[C@H]1OC=C[C@@H](C)[C@@H]1C.CC[C@H]1O[C@H](c2ccc(Cl)c(O)c2)[C@@H](O)[C@@H](O)[C@@H]1C.I.II.I[I-]I.OB(O)c1ccc(Cl)c(O)c1.OC[C@H]1O[C@H](c2ccc(Cl)c(O)c2)[C@@H](O)[C@@H](O)[C@@H]1O. The van der Waals surface area contributed by atoms with E-state index in [0.29, 0.717) is 53.3 Å². The number of hydrogen-bond acceptors (Lipinski definition) is 16. The van der Waals surface area contributed by atoms with Crippen LogP contribution in [0.2, 0.25) is 20.1 Å². The number of phenols is 4. The maximum atomic E-state index is 10.1. The van der Waals surface area contributed by atoms with E-state index in [4.69, 9.17) is 85.6 Å². The molecular formula is C55H74BCl4I6O16-. The van der Waals surface area contributed by atoms with E-state index in [9.17, 15) is 40.9 Å². The fourth-order valence-corrected chi connectivity index (χ4v) is 9.28. The topological polar surface area (TPSA) is 280 Å². The maximum Gasteiger partial charge on any atom is 0.488 e. The summed E-state index contributed by atoms with van der Waals surface area (Å²) >= 11 is 32.2. The number of rotatable bonds is 8. The van der Waals surface area contributed by atoms with Gasteiger partial charge in [-0.3, -0.25) is 0 Å². The van der Waals surface area contributed by atoms with E-state index in [0.717, 1.165) is 37.0 Å². The van der Waals surface area contributed by atoms with E-state index in [1.54, 1.807) is 24.3 Å². The fourth-order valence-electron chi connectivity index (χ4n) is 8.81. The Labute approximate surface area is 571 Å². The van der Waals surface area contributed by atoms with Crippen LogP contribution in [0, 0.1) is 23.7 Å². The standard InChI is InChI=1S/C14H19ClO4.C14H17ClO2.C12H15ClO6.C9H16O.C6H6BClO3.I3.I2.HI/c1-3-11-7(2)12(17)13(18)14(19-11)8-4-5-9(15)10(16)6-8;1-3-13-9(2)4-7-14(17-13)10-5-6-11(15)12(16)8-10;13-6-2-1-5(3-7(6)15)12-11(18)10(17)9(16)8(4-14)19-12;1-4-9-8(3)7(2)5-6-10-9;8-5-2-1-4(7(10)11)3-6(5)9;1-3-2;1-2;/h4-7,11-14,16-18H,3H2,1-2H3;5-9,13,16H,3-4H2,1-2H3;1-3,8-12,14-18H,4H2;5-9H,4H2,1-3H3;1-3,9-11H;;;1H/q;;;;;-1;;/t7-,11-,12+,13+,14-;9-,13+;8-,9-,10+,11+,12-;7-,8+,9-;;;;/m1011..../s1. The Morgan fingerprint density at radius 2 is 1.01 bits per heavy atom. The number of halogens is 10. The minimum atomic E-state index is -1.57. The third kappa shape index (κ3) is 24.6. The van der Waals surface area contributed by atoms with Crippen molar-refractivity contribution in [1.29, 1.82) is 0 Å². The number of ether oxygens (including phenoxy) is 4. The summed E-state index contributed by atoms with van der Waals surface area (Å²) in [5, 5.41) is 115. The van der Waals surface area contributed by atoms with Gasteiger partial charge in [-0.05, 0) is 127 Å². The molecular weight excluding hydrogens is 1830 g/mol. The number of phenolic OH excluding ortho intramolecular Hbond substituents is 4. The predicted molar refractivity (Wildman–Crippen MR) is 365 cm³/mol. The second kappa shape index (κ2) is 41.6. The second-order valence-corrected chi connectivity index (χ2v) is 37.2. The normalized spacial score (nSPS) is 27.8. The molecule has 4 aliphatic rings. The van der Waals surface area contributed by atoms with Gasteiger partial charge in [-0.25, -0.2) is 0 Å². The molecule has 2 fully saturated rings. The van der Waals surface area contributed by atoms with Gasteiger partial charge in [0.2, 0.25) is 0 Å². The van der Waals surface area contributed by atoms with Gasteiger partial charge in [0, 0.05) is 48.7 Å². The van der Waals surface area contributed by atoms with Crippen molar-refractivity contribution < 1.29 is 93.3 Å². The van der Waals surface area contributed by atoms with Crippen molar-refractivity contribution >= 4 is 163 Å². The zero-order valence-corrected chi connectivity index (χ0v) is 61.9. The Morgan fingerprint density at radius 3 is 1.44 bits per heavy atom. The number of benzene rings is 4. The van der Waals surface area contributed by atoms with Crippen LogP contribution < -0.4 is 18.7 Å². The summed E-state index contributed by atoms with van der Waals surface area (Å²) in [5.41, 5.74) is 2.10. The largest absolute Gasteiger partial charge is 0.506 e. The van der Waals surface area contributed by atoms with Gasteiger partial charge in [0.15, 0.2) is 0 Å². The number of allylic oxidation sites excluding steroid dienone is 2. The molecule has 464 valence electrons. The predicted octanol–water partition coefficient (Wildman–Crippen LogP) is 9.51.